The summed E-state index contributed by atoms with van der Waals surface area (Å²) in [6.45, 7) is 4.44. The van der Waals surface area contributed by atoms with Crippen LogP contribution in [0, 0.1) is 12.8 Å². The summed E-state index contributed by atoms with van der Waals surface area (Å²) in [5.74, 6) is 1.83. The van der Waals surface area contributed by atoms with Crippen molar-refractivity contribution in [3.05, 3.63) is 30.1 Å². The Labute approximate surface area is 108 Å². The van der Waals surface area contributed by atoms with Crippen LogP contribution in [0.3, 0.4) is 0 Å². The molecule has 1 aliphatic carbocycles. The molecule has 94 valence electrons. The number of anilines is 1. The highest BCUT2D eigenvalue weighted by Gasteiger charge is 2.22. The van der Waals surface area contributed by atoms with Crippen LogP contribution in [0.4, 0.5) is 5.82 Å². The molecule has 1 N–H and O–H groups in total. The van der Waals surface area contributed by atoms with Crippen molar-refractivity contribution in [1.29, 1.82) is 0 Å². The molecule has 1 aromatic carbocycles. The molecule has 0 amide bonds. The Morgan fingerprint density at radius 3 is 2.89 bits per heavy atom. The Morgan fingerprint density at radius 1 is 1.22 bits per heavy atom. The van der Waals surface area contributed by atoms with Gasteiger partial charge in [-0.3, -0.25) is 0 Å². The maximum absolute atomic E-state index is 4.43. The first kappa shape index (κ1) is 11.5. The summed E-state index contributed by atoms with van der Waals surface area (Å²) >= 11 is 0. The molecular formula is C15H19N3. The summed E-state index contributed by atoms with van der Waals surface area (Å²) in [5, 5.41) is 4.77. The first-order valence-corrected chi connectivity index (χ1v) is 6.71. The molecule has 1 heterocycles. The molecule has 0 spiro atoms. The number of fused-ring (bicyclic) bond motifs is 1. The Bertz CT molecular complexity index is 559. The maximum Gasteiger partial charge on any atom is 0.137 e. The molecule has 3 rings (SSSR count). The normalized spacial score (nSPS) is 23.4. The number of nitrogens with zero attached hydrogens (tertiary/aromatic N) is 2. The summed E-state index contributed by atoms with van der Waals surface area (Å²) in [4.78, 5) is 8.78. The van der Waals surface area contributed by atoms with E-state index in [1.165, 1.54) is 30.2 Å². The van der Waals surface area contributed by atoms with E-state index in [4.69, 9.17) is 0 Å². The number of rotatable bonds is 2. The van der Waals surface area contributed by atoms with Crippen molar-refractivity contribution in [1.82, 2.24) is 9.97 Å². The number of hydrogen-bond acceptors (Lipinski definition) is 3. The minimum absolute atomic E-state index is 0.567. The van der Waals surface area contributed by atoms with Gasteiger partial charge in [-0.05, 0) is 43.7 Å². The lowest BCUT2D eigenvalue weighted by Crippen LogP contribution is -2.16. The summed E-state index contributed by atoms with van der Waals surface area (Å²) in [7, 11) is 0. The van der Waals surface area contributed by atoms with Gasteiger partial charge in [-0.25, -0.2) is 9.97 Å². The van der Waals surface area contributed by atoms with E-state index < -0.39 is 0 Å². The van der Waals surface area contributed by atoms with E-state index in [9.17, 15) is 0 Å². The zero-order chi connectivity index (χ0) is 12.5. The van der Waals surface area contributed by atoms with Gasteiger partial charge < -0.3 is 5.32 Å². The Kier molecular flexibility index (Phi) is 2.90. The Hall–Kier alpha value is -1.64. The minimum atomic E-state index is 0.567. The molecule has 0 bridgehead atoms. The fourth-order valence-corrected chi connectivity index (χ4v) is 2.92. The SMILES string of the molecule is Cc1cccc2ncnc(NC3CCC(C)C3)c12. The molecule has 1 aromatic heterocycles. The standard InChI is InChI=1S/C15H19N3/c1-10-6-7-12(8-10)18-15-14-11(2)4-3-5-13(14)16-9-17-15/h3-5,9-10,12H,6-8H2,1-2H3,(H,16,17,18). The monoisotopic (exact) mass is 241 g/mol. The van der Waals surface area contributed by atoms with E-state index in [-0.39, 0.29) is 0 Å². The molecule has 3 nitrogen and oxygen atoms in total. The van der Waals surface area contributed by atoms with E-state index >= 15 is 0 Å². The molecule has 3 heteroatoms. The van der Waals surface area contributed by atoms with Crippen LogP contribution in [0.25, 0.3) is 10.9 Å². The van der Waals surface area contributed by atoms with E-state index in [1.807, 2.05) is 12.1 Å². The molecular weight excluding hydrogens is 222 g/mol. The van der Waals surface area contributed by atoms with Crippen molar-refractivity contribution < 1.29 is 0 Å². The van der Waals surface area contributed by atoms with Gasteiger partial charge in [0.1, 0.15) is 12.1 Å². The maximum atomic E-state index is 4.43. The van der Waals surface area contributed by atoms with Gasteiger partial charge in [0.25, 0.3) is 0 Å². The average Bonchev–Trinajstić information content (AvgIpc) is 2.75. The number of nitrogens with one attached hydrogen (secondary N) is 1. The molecule has 1 saturated carbocycles. The lowest BCUT2D eigenvalue weighted by atomic mass is 10.1. The first-order valence-electron chi connectivity index (χ1n) is 6.71. The zero-order valence-corrected chi connectivity index (χ0v) is 11.0. The predicted octanol–water partition coefficient (Wildman–Crippen LogP) is 3.54. The highest BCUT2D eigenvalue weighted by atomic mass is 15.0. The number of hydrogen-bond donors (Lipinski definition) is 1. The number of aryl methyl sites for hydroxylation is 1. The van der Waals surface area contributed by atoms with Crippen LogP contribution in [0.2, 0.25) is 0 Å². The first-order chi connectivity index (χ1) is 8.74. The molecule has 2 atom stereocenters. The topological polar surface area (TPSA) is 37.8 Å². The van der Waals surface area contributed by atoms with E-state index in [1.54, 1.807) is 6.33 Å². The van der Waals surface area contributed by atoms with Crippen molar-refractivity contribution >= 4 is 16.7 Å². The van der Waals surface area contributed by atoms with Crippen molar-refractivity contribution in [3.8, 4) is 0 Å². The van der Waals surface area contributed by atoms with Gasteiger partial charge in [0, 0.05) is 11.4 Å². The fourth-order valence-electron chi connectivity index (χ4n) is 2.92. The third-order valence-corrected chi connectivity index (χ3v) is 3.91. The highest BCUT2D eigenvalue weighted by Crippen LogP contribution is 2.29. The third-order valence-electron chi connectivity index (χ3n) is 3.91. The van der Waals surface area contributed by atoms with Crippen LogP contribution in [-0.4, -0.2) is 16.0 Å². The molecule has 2 aromatic rings. The van der Waals surface area contributed by atoms with Crippen LogP contribution in [0.1, 0.15) is 31.7 Å². The quantitative estimate of drug-likeness (QED) is 0.874. The van der Waals surface area contributed by atoms with Gasteiger partial charge in [-0.2, -0.15) is 0 Å². The second-order valence-corrected chi connectivity index (χ2v) is 5.45. The fraction of sp³-hybridized carbons (Fsp3) is 0.467. The van der Waals surface area contributed by atoms with Crippen LogP contribution >= 0.6 is 0 Å². The zero-order valence-electron chi connectivity index (χ0n) is 11.0. The molecule has 2 unspecified atom stereocenters. The summed E-state index contributed by atoms with van der Waals surface area (Å²) in [6, 6.07) is 6.78. The van der Waals surface area contributed by atoms with Gasteiger partial charge in [-0.1, -0.05) is 19.1 Å². The van der Waals surface area contributed by atoms with Gasteiger partial charge in [0.2, 0.25) is 0 Å². The van der Waals surface area contributed by atoms with Crippen LogP contribution < -0.4 is 5.32 Å². The summed E-state index contributed by atoms with van der Waals surface area (Å²) in [6.07, 6.45) is 5.47. The largest absolute Gasteiger partial charge is 0.367 e. The van der Waals surface area contributed by atoms with Gasteiger partial charge in [0.15, 0.2) is 0 Å². The van der Waals surface area contributed by atoms with Crippen LogP contribution in [-0.2, 0) is 0 Å². The average molecular weight is 241 g/mol. The minimum Gasteiger partial charge on any atom is -0.367 e. The van der Waals surface area contributed by atoms with Crippen LogP contribution in [0.15, 0.2) is 24.5 Å². The number of benzene rings is 1. The second kappa shape index (κ2) is 4.56. The third kappa shape index (κ3) is 2.05. The Morgan fingerprint density at radius 2 is 2.11 bits per heavy atom. The van der Waals surface area contributed by atoms with E-state index in [2.05, 4.69) is 35.2 Å². The van der Waals surface area contributed by atoms with Gasteiger partial charge in [0.05, 0.1) is 5.52 Å². The van der Waals surface area contributed by atoms with Gasteiger partial charge >= 0.3 is 0 Å². The lowest BCUT2D eigenvalue weighted by Gasteiger charge is -2.15. The van der Waals surface area contributed by atoms with Crippen molar-refractivity contribution in [2.45, 2.75) is 39.2 Å². The molecule has 0 aliphatic heterocycles. The molecule has 1 aliphatic rings. The molecule has 0 saturated heterocycles. The van der Waals surface area contributed by atoms with Crippen molar-refractivity contribution in [2.75, 3.05) is 5.32 Å². The summed E-state index contributed by atoms with van der Waals surface area (Å²) in [5.41, 5.74) is 2.26. The summed E-state index contributed by atoms with van der Waals surface area (Å²) < 4.78 is 0. The van der Waals surface area contributed by atoms with Gasteiger partial charge in [-0.15, -0.1) is 0 Å². The van der Waals surface area contributed by atoms with Crippen LogP contribution in [0.5, 0.6) is 0 Å². The molecule has 18 heavy (non-hydrogen) atoms. The smallest absolute Gasteiger partial charge is 0.137 e. The number of aromatic nitrogens is 2. The predicted molar refractivity (Wildman–Crippen MR) is 74.7 cm³/mol. The van der Waals surface area contributed by atoms with Crippen molar-refractivity contribution in [3.63, 3.8) is 0 Å². The molecule has 0 radical (unpaired) electrons. The highest BCUT2D eigenvalue weighted by molar-refractivity contribution is 5.91. The lowest BCUT2D eigenvalue weighted by molar-refractivity contribution is 0.602. The second-order valence-electron chi connectivity index (χ2n) is 5.45. The molecule has 1 fully saturated rings. The van der Waals surface area contributed by atoms with E-state index in [0.717, 1.165) is 17.3 Å². The van der Waals surface area contributed by atoms with E-state index in [0.29, 0.717) is 6.04 Å². The van der Waals surface area contributed by atoms with Crippen molar-refractivity contribution in [2.24, 2.45) is 5.92 Å². The Balaban J connectivity index is 1.96.